The van der Waals surface area contributed by atoms with Crippen LogP contribution in [0.1, 0.15) is 17.0 Å². The Hall–Kier alpha value is -2.77. The molecule has 2 aromatic carbocycles. The van der Waals surface area contributed by atoms with E-state index in [0.717, 1.165) is 16.1 Å². The molecule has 3 atom stereocenters. The first-order valence-corrected chi connectivity index (χ1v) is 10.7. The van der Waals surface area contributed by atoms with E-state index < -0.39 is 6.04 Å². The molecule has 0 radical (unpaired) electrons. The molecule has 0 saturated carbocycles. The Balaban J connectivity index is 1.23. The molecule has 1 aromatic heterocycles. The number of nitrogens with one attached hydrogen (secondary N) is 2. The lowest BCUT2D eigenvalue weighted by atomic mass is 10.0. The third-order valence-electron chi connectivity index (χ3n) is 5.66. The van der Waals surface area contributed by atoms with Gasteiger partial charge in [-0.2, -0.15) is 0 Å². The van der Waals surface area contributed by atoms with Crippen molar-refractivity contribution in [1.82, 2.24) is 20.5 Å². The first kappa shape index (κ1) is 18.3. The maximum Gasteiger partial charge on any atom is 0.246 e. The number of fused-ring (bicyclic) bond motifs is 2. The molecule has 0 bridgehead atoms. The van der Waals surface area contributed by atoms with Crippen LogP contribution in [0.5, 0.6) is 0 Å². The predicted octanol–water partition coefficient (Wildman–Crippen LogP) is 2.10. The lowest BCUT2D eigenvalue weighted by Crippen LogP contribution is -2.61. The van der Waals surface area contributed by atoms with E-state index in [1.165, 1.54) is 4.70 Å². The molecule has 2 N–H and O–H groups in total. The van der Waals surface area contributed by atoms with Gasteiger partial charge in [0.1, 0.15) is 17.1 Å². The number of nitrogens with zero attached hydrogens (tertiary/aromatic N) is 2. The third kappa shape index (κ3) is 3.63. The number of thiazole rings is 1. The van der Waals surface area contributed by atoms with Crippen molar-refractivity contribution in [2.75, 3.05) is 6.54 Å². The van der Waals surface area contributed by atoms with Gasteiger partial charge in [-0.3, -0.25) is 9.59 Å². The minimum absolute atomic E-state index is 0.0164. The van der Waals surface area contributed by atoms with Crippen LogP contribution >= 0.6 is 11.3 Å². The summed E-state index contributed by atoms with van der Waals surface area (Å²) in [4.78, 5) is 32.0. The van der Waals surface area contributed by atoms with E-state index in [1.54, 1.807) is 16.2 Å². The second kappa shape index (κ2) is 7.57. The van der Waals surface area contributed by atoms with Gasteiger partial charge in [0.05, 0.1) is 10.2 Å². The van der Waals surface area contributed by atoms with Gasteiger partial charge in [0.15, 0.2) is 0 Å². The molecule has 0 aliphatic carbocycles. The number of hydrogen-bond acceptors (Lipinski definition) is 5. The summed E-state index contributed by atoms with van der Waals surface area (Å²) in [6.45, 7) is 1.21. The van der Waals surface area contributed by atoms with Crippen molar-refractivity contribution < 1.29 is 9.59 Å². The Morgan fingerprint density at radius 1 is 1.10 bits per heavy atom. The third-order valence-corrected chi connectivity index (χ3v) is 6.70. The first-order valence-electron chi connectivity index (χ1n) is 9.90. The molecular weight excluding hydrogens is 384 g/mol. The average Bonchev–Trinajstić information content (AvgIpc) is 3.35. The second-order valence-corrected chi connectivity index (χ2v) is 8.76. The van der Waals surface area contributed by atoms with Crippen LogP contribution in [0, 0.1) is 0 Å². The maximum atomic E-state index is 13.0. The van der Waals surface area contributed by atoms with Crippen molar-refractivity contribution in [2.45, 2.75) is 37.5 Å². The number of amides is 2. The van der Waals surface area contributed by atoms with Crippen molar-refractivity contribution in [3.63, 3.8) is 0 Å². The first-order chi connectivity index (χ1) is 14.2. The summed E-state index contributed by atoms with van der Waals surface area (Å²) in [6, 6.07) is 17.1. The molecule has 0 unspecified atom stereocenters. The van der Waals surface area contributed by atoms with Gasteiger partial charge in [-0.1, -0.05) is 42.5 Å². The minimum Gasteiger partial charge on any atom is -0.342 e. The maximum absolute atomic E-state index is 13.0. The number of para-hydroxylation sites is 1. The fraction of sp³-hybridized carbons (Fsp3) is 0.318. The molecule has 2 aliphatic heterocycles. The van der Waals surface area contributed by atoms with Gasteiger partial charge >= 0.3 is 0 Å². The standard InChI is InChI=1S/C22H22N4O2S/c27-21-18-11-15(23-12-20-24-16-8-4-5-9-19(16)29-20)13-26(18)22(28)17(25-21)10-14-6-2-1-3-7-14/h1-9,15,17-18,23H,10-13H2,(H,25,27)/t15-,17-,18-/m0/s1. The molecule has 148 valence electrons. The number of aromatic nitrogens is 1. The van der Waals surface area contributed by atoms with E-state index >= 15 is 0 Å². The van der Waals surface area contributed by atoms with Gasteiger partial charge in [-0.05, 0) is 24.1 Å². The fourth-order valence-electron chi connectivity index (χ4n) is 4.22. The predicted molar refractivity (Wildman–Crippen MR) is 112 cm³/mol. The zero-order valence-electron chi connectivity index (χ0n) is 15.9. The largest absolute Gasteiger partial charge is 0.342 e. The van der Waals surface area contributed by atoms with Gasteiger partial charge < -0.3 is 15.5 Å². The molecule has 3 aromatic rings. The van der Waals surface area contributed by atoms with Crippen LogP contribution in [-0.2, 0) is 22.6 Å². The van der Waals surface area contributed by atoms with Crippen LogP contribution in [0.15, 0.2) is 54.6 Å². The van der Waals surface area contributed by atoms with Crippen LogP contribution in [0.2, 0.25) is 0 Å². The van der Waals surface area contributed by atoms with E-state index in [0.29, 0.717) is 25.9 Å². The van der Waals surface area contributed by atoms with Crippen LogP contribution < -0.4 is 10.6 Å². The van der Waals surface area contributed by atoms with Crippen molar-refractivity contribution >= 4 is 33.4 Å². The summed E-state index contributed by atoms with van der Waals surface area (Å²) < 4.78 is 1.17. The summed E-state index contributed by atoms with van der Waals surface area (Å²) in [6.07, 6.45) is 1.17. The monoisotopic (exact) mass is 406 g/mol. The summed E-state index contributed by atoms with van der Waals surface area (Å²) in [5, 5.41) is 7.45. The summed E-state index contributed by atoms with van der Waals surface area (Å²) in [5.74, 6) is -0.0300. The van der Waals surface area contributed by atoms with Crippen molar-refractivity contribution in [1.29, 1.82) is 0 Å². The topological polar surface area (TPSA) is 74.3 Å². The molecule has 2 fully saturated rings. The van der Waals surface area contributed by atoms with Crippen molar-refractivity contribution in [3.8, 4) is 0 Å². The molecule has 6 nitrogen and oxygen atoms in total. The minimum atomic E-state index is -0.482. The Morgan fingerprint density at radius 2 is 1.90 bits per heavy atom. The summed E-state index contributed by atoms with van der Waals surface area (Å²) in [7, 11) is 0. The number of hydrogen-bond donors (Lipinski definition) is 2. The van der Waals surface area contributed by atoms with Crippen LogP contribution in [0.3, 0.4) is 0 Å². The molecule has 5 rings (SSSR count). The fourth-order valence-corrected chi connectivity index (χ4v) is 5.14. The zero-order chi connectivity index (χ0) is 19.8. The van der Waals surface area contributed by atoms with E-state index in [4.69, 9.17) is 0 Å². The Bertz CT molecular complexity index is 1020. The second-order valence-electron chi connectivity index (χ2n) is 7.65. The molecule has 2 amide bonds. The number of benzene rings is 2. The highest BCUT2D eigenvalue weighted by atomic mass is 32.1. The molecule has 2 saturated heterocycles. The lowest BCUT2D eigenvalue weighted by Gasteiger charge is -2.34. The number of piperazine rings is 1. The Kier molecular flexibility index (Phi) is 4.77. The number of rotatable bonds is 5. The van der Waals surface area contributed by atoms with Crippen molar-refractivity contribution in [2.24, 2.45) is 0 Å². The zero-order valence-corrected chi connectivity index (χ0v) is 16.7. The van der Waals surface area contributed by atoms with Crippen molar-refractivity contribution in [3.05, 3.63) is 65.2 Å². The lowest BCUT2D eigenvalue weighted by molar-refractivity contribution is -0.147. The summed E-state index contributed by atoms with van der Waals surface area (Å²) >= 11 is 1.68. The molecular formula is C22H22N4O2S. The number of carbonyl (C=O) groups excluding carboxylic acids is 2. The van der Waals surface area contributed by atoms with Gasteiger partial charge in [0, 0.05) is 25.6 Å². The van der Waals surface area contributed by atoms with Crippen LogP contribution in [0.4, 0.5) is 0 Å². The Labute approximate surface area is 172 Å². The van der Waals surface area contributed by atoms with Gasteiger partial charge in [0.25, 0.3) is 0 Å². The van der Waals surface area contributed by atoms with Crippen LogP contribution in [-0.4, -0.2) is 46.4 Å². The van der Waals surface area contributed by atoms with E-state index in [-0.39, 0.29) is 23.9 Å². The molecule has 2 aliphatic rings. The molecule has 3 heterocycles. The van der Waals surface area contributed by atoms with Crippen LogP contribution in [0.25, 0.3) is 10.2 Å². The smallest absolute Gasteiger partial charge is 0.246 e. The highest BCUT2D eigenvalue weighted by Crippen LogP contribution is 2.25. The van der Waals surface area contributed by atoms with E-state index in [2.05, 4.69) is 21.7 Å². The quantitative estimate of drug-likeness (QED) is 0.681. The normalized spacial score (nSPS) is 24.0. The molecule has 0 spiro atoms. The summed E-state index contributed by atoms with van der Waals surface area (Å²) in [5.41, 5.74) is 2.06. The SMILES string of the molecule is O=C1N[C@@H](Cc2ccccc2)C(=O)N2C[C@@H](NCc3nc4ccccc4s3)C[C@@H]12. The van der Waals surface area contributed by atoms with Gasteiger partial charge in [-0.25, -0.2) is 4.98 Å². The highest BCUT2D eigenvalue weighted by molar-refractivity contribution is 7.18. The highest BCUT2D eigenvalue weighted by Gasteiger charge is 2.46. The Morgan fingerprint density at radius 3 is 2.72 bits per heavy atom. The van der Waals surface area contributed by atoms with Gasteiger partial charge in [-0.15, -0.1) is 11.3 Å². The van der Waals surface area contributed by atoms with E-state index in [1.807, 2.05) is 48.5 Å². The molecule has 29 heavy (non-hydrogen) atoms. The van der Waals surface area contributed by atoms with Gasteiger partial charge in [0.2, 0.25) is 11.8 Å². The molecule has 7 heteroatoms. The average molecular weight is 407 g/mol. The number of carbonyl (C=O) groups is 2. The van der Waals surface area contributed by atoms with E-state index in [9.17, 15) is 9.59 Å².